The Morgan fingerprint density at radius 2 is 1.94 bits per heavy atom. The lowest BCUT2D eigenvalue weighted by atomic mass is 10.3. The molecule has 0 aliphatic carbocycles. The average molecular weight is 240 g/mol. The smallest absolute Gasteiger partial charge is 0.205 e. The van der Waals surface area contributed by atoms with Crippen molar-refractivity contribution in [2.45, 2.75) is 26.7 Å². The van der Waals surface area contributed by atoms with E-state index in [2.05, 4.69) is 33.0 Å². The fourth-order valence-corrected chi connectivity index (χ4v) is 2.80. The van der Waals surface area contributed by atoms with E-state index in [0.717, 1.165) is 43.6 Å². The van der Waals surface area contributed by atoms with Gasteiger partial charge in [0.1, 0.15) is 5.82 Å². The van der Waals surface area contributed by atoms with Crippen molar-refractivity contribution in [1.29, 1.82) is 0 Å². The van der Waals surface area contributed by atoms with E-state index in [-0.39, 0.29) is 0 Å². The summed E-state index contributed by atoms with van der Waals surface area (Å²) in [5.41, 5.74) is 0. The number of hydrogen-bond donors (Lipinski definition) is 0. The lowest BCUT2D eigenvalue weighted by Crippen LogP contribution is -2.46. The van der Waals surface area contributed by atoms with Crippen LogP contribution in [0.2, 0.25) is 0 Å². The number of anilines is 1. The predicted octanol–water partition coefficient (Wildman–Crippen LogP) is 1.63. The lowest BCUT2D eigenvalue weighted by molar-refractivity contribution is 0.258. The van der Waals surface area contributed by atoms with Crippen molar-refractivity contribution in [3.63, 3.8) is 0 Å². The van der Waals surface area contributed by atoms with Crippen LogP contribution in [-0.4, -0.2) is 47.0 Å². The Hall–Kier alpha value is -0.680. The number of aryl methyl sites for hydroxylation is 1. The molecule has 90 valence electrons. The van der Waals surface area contributed by atoms with Gasteiger partial charge in [0.05, 0.1) is 0 Å². The normalized spacial score (nSPS) is 18.0. The van der Waals surface area contributed by atoms with E-state index in [9.17, 15) is 0 Å². The monoisotopic (exact) mass is 240 g/mol. The highest BCUT2D eigenvalue weighted by Gasteiger charge is 2.18. The van der Waals surface area contributed by atoms with Crippen LogP contribution in [0.25, 0.3) is 0 Å². The van der Waals surface area contributed by atoms with E-state index in [1.807, 2.05) is 0 Å². The highest BCUT2D eigenvalue weighted by atomic mass is 32.1. The molecule has 0 aromatic carbocycles. The quantitative estimate of drug-likeness (QED) is 0.801. The molecule has 0 saturated carbocycles. The van der Waals surface area contributed by atoms with E-state index in [1.54, 1.807) is 11.5 Å². The van der Waals surface area contributed by atoms with Crippen molar-refractivity contribution in [3.05, 3.63) is 5.82 Å². The molecule has 0 bridgehead atoms. The van der Waals surface area contributed by atoms with Crippen molar-refractivity contribution in [2.24, 2.45) is 0 Å². The number of rotatable bonds is 4. The van der Waals surface area contributed by atoms with Crippen molar-refractivity contribution < 1.29 is 0 Å². The molecule has 1 fully saturated rings. The Bertz CT molecular complexity index is 318. The minimum Gasteiger partial charge on any atom is -0.344 e. The van der Waals surface area contributed by atoms with Gasteiger partial charge >= 0.3 is 0 Å². The number of piperazine rings is 1. The maximum absolute atomic E-state index is 4.54. The topological polar surface area (TPSA) is 32.3 Å². The maximum Gasteiger partial charge on any atom is 0.205 e. The van der Waals surface area contributed by atoms with Crippen LogP contribution in [0.5, 0.6) is 0 Å². The summed E-state index contributed by atoms with van der Waals surface area (Å²) >= 11 is 1.54. The molecule has 0 unspecified atom stereocenters. The van der Waals surface area contributed by atoms with Crippen LogP contribution in [0.1, 0.15) is 26.1 Å². The summed E-state index contributed by atoms with van der Waals surface area (Å²) in [5, 5.41) is 1.10. The van der Waals surface area contributed by atoms with Crippen LogP contribution in [0.15, 0.2) is 0 Å². The fourth-order valence-electron chi connectivity index (χ4n) is 2.00. The van der Waals surface area contributed by atoms with E-state index < -0.39 is 0 Å². The third kappa shape index (κ3) is 2.71. The first kappa shape index (κ1) is 11.8. The van der Waals surface area contributed by atoms with Crippen molar-refractivity contribution >= 4 is 16.7 Å². The molecule has 16 heavy (non-hydrogen) atoms. The highest BCUT2D eigenvalue weighted by Crippen LogP contribution is 2.19. The molecule has 1 aliphatic rings. The van der Waals surface area contributed by atoms with Gasteiger partial charge in [0, 0.05) is 44.1 Å². The summed E-state index contributed by atoms with van der Waals surface area (Å²) in [6.45, 7) is 10.1. The van der Waals surface area contributed by atoms with Gasteiger partial charge in [-0.15, -0.1) is 0 Å². The largest absolute Gasteiger partial charge is 0.344 e. The third-order valence-corrected chi connectivity index (χ3v) is 3.77. The predicted molar refractivity (Wildman–Crippen MR) is 68.2 cm³/mol. The number of hydrogen-bond acceptors (Lipinski definition) is 5. The van der Waals surface area contributed by atoms with Gasteiger partial charge in [-0.3, -0.25) is 4.90 Å². The van der Waals surface area contributed by atoms with E-state index in [1.165, 1.54) is 13.0 Å². The molecule has 0 amide bonds. The fraction of sp³-hybridized carbons (Fsp3) is 0.818. The highest BCUT2D eigenvalue weighted by molar-refractivity contribution is 7.09. The zero-order valence-corrected chi connectivity index (χ0v) is 11.0. The van der Waals surface area contributed by atoms with Crippen LogP contribution in [0.3, 0.4) is 0 Å². The zero-order valence-electron chi connectivity index (χ0n) is 10.1. The summed E-state index contributed by atoms with van der Waals surface area (Å²) in [6.07, 6.45) is 2.19. The molecular weight excluding hydrogens is 220 g/mol. The first-order valence-corrected chi connectivity index (χ1v) is 6.90. The van der Waals surface area contributed by atoms with Crippen molar-refractivity contribution in [1.82, 2.24) is 14.3 Å². The second-order valence-corrected chi connectivity index (χ2v) is 4.91. The summed E-state index contributed by atoms with van der Waals surface area (Å²) in [6, 6.07) is 0. The first-order chi connectivity index (χ1) is 7.83. The van der Waals surface area contributed by atoms with Gasteiger partial charge in [0.15, 0.2) is 0 Å². The molecule has 1 saturated heterocycles. The Morgan fingerprint density at radius 3 is 2.50 bits per heavy atom. The molecule has 1 aromatic rings. The standard InChI is InChI=1S/C11H20N4S/c1-3-5-14-6-8-15(9-7-14)11-12-10(4-2)13-16-11/h3-9H2,1-2H3. The van der Waals surface area contributed by atoms with Crippen LogP contribution in [-0.2, 0) is 6.42 Å². The Balaban J connectivity index is 1.88. The summed E-state index contributed by atoms with van der Waals surface area (Å²) < 4.78 is 4.34. The molecule has 0 N–H and O–H groups in total. The molecule has 5 heteroatoms. The van der Waals surface area contributed by atoms with E-state index in [0.29, 0.717) is 0 Å². The number of nitrogens with zero attached hydrogens (tertiary/aromatic N) is 4. The molecular formula is C11H20N4S. The van der Waals surface area contributed by atoms with Crippen LogP contribution in [0.4, 0.5) is 5.13 Å². The molecule has 0 atom stereocenters. The van der Waals surface area contributed by atoms with Gasteiger partial charge < -0.3 is 4.90 Å². The Kier molecular flexibility index (Phi) is 4.12. The summed E-state index contributed by atoms with van der Waals surface area (Å²) in [7, 11) is 0. The first-order valence-electron chi connectivity index (χ1n) is 6.13. The van der Waals surface area contributed by atoms with Gasteiger partial charge in [-0.05, 0) is 13.0 Å². The minimum absolute atomic E-state index is 0.937. The molecule has 1 aromatic heterocycles. The average Bonchev–Trinajstić information content (AvgIpc) is 2.79. The minimum atomic E-state index is 0.937. The maximum atomic E-state index is 4.54. The Labute approximate surface area is 101 Å². The second kappa shape index (κ2) is 5.59. The van der Waals surface area contributed by atoms with Crippen molar-refractivity contribution in [2.75, 3.05) is 37.6 Å². The summed E-state index contributed by atoms with van der Waals surface area (Å²) in [4.78, 5) is 9.43. The molecule has 4 nitrogen and oxygen atoms in total. The van der Waals surface area contributed by atoms with Gasteiger partial charge in [-0.25, -0.2) is 4.98 Å². The second-order valence-electron chi connectivity index (χ2n) is 4.18. The Morgan fingerprint density at radius 1 is 1.19 bits per heavy atom. The van der Waals surface area contributed by atoms with Gasteiger partial charge in [-0.2, -0.15) is 4.37 Å². The molecule has 1 aliphatic heterocycles. The molecule has 2 heterocycles. The van der Waals surface area contributed by atoms with E-state index in [4.69, 9.17) is 0 Å². The molecule has 0 spiro atoms. The molecule has 2 rings (SSSR count). The lowest BCUT2D eigenvalue weighted by Gasteiger charge is -2.34. The van der Waals surface area contributed by atoms with Gasteiger partial charge in [0.25, 0.3) is 0 Å². The van der Waals surface area contributed by atoms with Crippen LogP contribution in [0, 0.1) is 0 Å². The van der Waals surface area contributed by atoms with E-state index >= 15 is 0 Å². The molecule has 0 radical (unpaired) electrons. The zero-order chi connectivity index (χ0) is 11.4. The van der Waals surface area contributed by atoms with Gasteiger partial charge in [0.2, 0.25) is 5.13 Å². The summed E-state index contributed by atoms with van der Waals surface area (Å²) in [5.74, 6) is 0.982. The SMILES string of the molecule is CCCN1CCN(c2nc(CC)ns2)CC1. The van der Waals surface area contributed by atoms with Crippen molar-refractivity contribution in [3.8, 4) is 0 Å². The number of aromatic nitrogens is 2. The third-order valence-electron chi connectivity index (χ3n) is 2.96. The van der Waals surface area contributed by atoms with Crippen LogP contribution >= 0.6 is 11.5 Å². The van der Waals surface area contributed by atoms with Crippen LogP contribution < -0.4 is 4.90 Å². The van der Waals surface area contributed by atoms with Gasteiger partial charge in [-0.1, -0.05) is 13.8 Å².